The molecule has 0 fully saturated rings. The molecule has 0 atom stereocenters. The van der Waals surface area contributed by atoms with E-state index >= 15 is 0 Å². The first-order chi connectivity index (χ1) is 17.5. The second kappa shape index (κ2) is 12.3. The first kappa shape index (κ1) is 25.4. The van der Waals surface area contributed by atoms with Crippen LogP contribution in [0.15, 0.2) is 95.9 Å². The molecule has 4 aromatic carbocycles. The van der Waals surface area contributed by atoms with E-state index in [1.807, 2.05) is 48.5 Å². The van der Waals surface area contributed by atoms with Gasteiger partial charge in [-0.05, 0) is 78.2 Å². The second-order valence-electron chi connectivity index (χ2n) is 7.82. The van der Waals surface area contributed by atoms with Gasteiger partial charge in [-0.15, -0.1) is 0 Å². The molecule has 4 rings (SSSR count). The molecule has 0 aliphatic rings. The van der Waals surface area contributed by atoms with Crippen LogP contribution >= 0.6 is 23.5 Å². The highest BCUT2D eigenvalue weighted by atomic mass is 35.5. The average molecular weight is 522 g/mol. The van der Waals surface area contributed by atoms with E-state index in [0.29, 0.717) is 35.0 Å². The van der Waals surface area contributed by atoms with E-state index in [2.05, 4.69) is 15.4 Å². The van der Waals surface area contributed by atoms with Crippen LogP contribution in [0.4, 0.5) is 15.8 Å². The fourth-order valence-electron chi connectivity index (χ4n) is 3.51. The van der Waals surface area contributed by atoms with Crippen molar-refractivity contribution in [3.8, 4) is 16.9 Å². The average Bonchev–Trinajstić information content (AvgIpc) is 2.90. The number of halogens is 2. The van der Waals surface area contributed by atoms with Crippen LogP contribution in [0, 0.1) is 5.82 Å². The molecule has 3 N–H and O–H groups in total. The lowest BCUT2D eigenvalue weighted by atomic mass is 10.1. The lowest BCUT2D eigenvalue weighted by Gasteiger charge is -2.13. The predicted molar refractivity (Wildman–Crippen MR) is 147 cm³/mol. The number of hydrogen-bond donors (Lipinski definition) is 3. The van der Waals surface area contributed by atoms with Gasteiger partial charge in [0.2, 0.25) is 0 Å². The van der Waals surface area contributed by atoms with Crippen LogP contribution in [-0.2, 0) is 0 Å². The van der Waals surface area contributed by atoms with E-state index < -0.39 is 0 Å². The van der Waals surface area contributed by atoms with E-state index in [9.17, 15) is 9.18 Å². The number of amides is 1. The number of carbonyl (C=O) groups excluding carboxylic acids is 1. The van der Waals surface area contributed by atoms with E-state index in [0.717, 1.165) is 21.8 Å². The van der Waals surface area contributed by atoms with Crippen molar-refractivity contribution in [1.29, 1.82) is 0 Å². The minimum atomic E-state index is -0.269. The van der Waals surface area contributed by atoms with Crippen LogP contribution in [-0.4, -0.2) is 26.1 Å². The Morgan fingerprint density at radius 2 is 1.69 bits per heavy atom. The smallest absolute Gasteiger partial charge is 0.251 e. The molecule has 0 heterocycles. The zero-order chi connectivity index (χ0) is 25.3. The second-order valence-corrected chi connectivity index (χ2v) is 9.10. The zero-order valence-corrected chi connectivity index (χ0v) is 21.1. The SMILES string of the molecule is COc1ccc(-c2ccccc2F)cc1SNc1cccc(NCCNC(=O)c2ccc(Cl)cc2)c1. The third-order valence-electron chi connectivity index (χ3n) is 5.34. The summed E-state index contributed by atoms with van der Waals surface area (Å²) in [5, 5.41) is 6.78. The highest BCUT2D eigenvalue weighted by molar-refractivity contribution is 8.00. The van der Waals surface area contributed by atoms with E-state index in [4.69, 9.17) is 16.3 Å². The van der Waals surface area contributed by atoms with Crippen LogP contribution in [0.2, 0.25) is 5.02 Å². The number of methoxy groups -OCH3 is 1. The molecule has 4 aromatic rings. The Kier molecular flexibility index (Phi) is 8.71. The Morgan fingerprint density at radius 1 is 0.917 bits per heavy atom. The van der Waals surface area contributed by atoms with Gasteiger partial charge < -0.3 is 20.1 Å². The van der Waals surface area contributed by atoms with Gasteiger partial charge in [0.1, 0.15) is 11.6 Å². The minimum Gasteiger partial charge on any atom is -0.496 e. The van der Waals surface area contributed by atoms with Gasteiger partial charge in [-0.3, -0.25) is 4.79 Å². The van der Waals surface area contributed by atoms with Crippen LogP contribution < -0.4 is 20.1 Å². The van der Waals surface area contributed by atoms with Crippen molar-refractivity contribution >= 4 is 40.8 Å². The maximum atomic E-state index is 14.3. The van der Waals surface area contributed by atoms with Crippen molar-refractivity contribution < 1.29 is 13.9 Å². The molecule has 0 aliphatic carbocycles. The van der Waals surface area contributed by atoms with Crippen molar-refractivity contribution in [2.45, 2.75) is 4.90 Å². The van der Waals surface area contributed by atoms with Gasteiger partial charge in [0.15, 0.2) is 0 Å². The van der Waals surface area contributed by atoms with Crippen LogP contribution in [0.1, 0.15) is 10.4 Å². The van der Waals surface area contributed by atoms with Crippen molar-refractivity contribution in [3.05, 3.63) is 107 Å². The molecule has 0 spiro atoms. The van der Waals surface area contributed by atoms with Crippen molar-refractivity contribution in [1.82, 2.24) is 5.32 Å². The predicted octanol–water partition coefficient (Wildman–Crippen LogP) is 7.12. The summed E-state index contributed by atoms with van der Waals surface area (Å²) in [6.07, 6.45) is 0. The van der Waals surface area contributed by atoms with Gasteiger partial charge in [-0.2, -0.15) is 0 Å². The topological polar surface area (TPSA) is 62.4 Å². The maximum absolute atomic E-state index is 14.3. The summed E-state index contributed by atoms with van der Waals surface area (Å²) >= 11 is 7.25. The minimum absolute atomic E-state index is 0.146. The molecule has 0 unspecified atom stereocenters. The zero-order valence-electron chi connectivity index (χ0n) is 19.6. The molecule has 36 heavy (non-hydrogen) atoms. The molecule has 0 aromatic heterocycles. The lowest BCUT2D eigenvalue weighted by molar-refractivity contribution is 0.0955. The fraction of sp³-hybridized carbons (Fsp3) is 0.107. The lowest BCUT2D eigenvalue weighted by Crippen LogP contribution is -2.28. The highest BCUT2D eigenvalue weighted by Gasteiger charge is 2.10. The van der Waals surface area contributed by atoms with Gasteiger partial charge in [-0.25, -0.2) is 4.39 Å². The molecule has 0 saturated carbocycles. The normalized spacial score (nSPS) is 10.5. The molecule has 0 saturated heterocycles. The third-order valence-corrected chi connectivity index (χ3v) is 6.46. The quantitative estimate of drug-likeness (QED) is 0.153. The van der Waals surface area contributed by atoms with Crippen LogP contribution in [0.3, 0.4) is 0 Å². The maximum Gasteiger partial charge on any atom is 0.251 e. The number of nitrogens with one attached hydrogen (secondary N) is 3. The van der Waals surface area contributed by atoms with Crippen molar-refractivity contribution in [2.75, 3.05) is 30.2 Å². The molecule has 0 radical (unpaired) electrons. The third kappa shape index (κ3) is 6.71. The number of rotatable bonds is 10. The van der Waals surface area contributed by atoms with Crippen LogP contribution in [0.25, 0.3) is 11.1 Å². The number of benzene rings is 4. The molecule has 1 amide bonds. The summed E-state index contributed by atoms with van der Waals surface area (Å²) in [5.74, 6) is 0.278. The number of ether oxygens (including phenoxy) is 1. The Balaban J connectivity index is 1.33. The Bertz CT molecular complexity index is 1330. The standard InChI is InChI=1S/C28H25ClFN3O2S/c1-35-26-14-11-20(24-7-2-3-8-25(24)30)17-27(26)36-33-23-6-4-5-22(18-23)31-15-16-32-28(34)19-9-12-21(29)13-10-19/h2-14,17-18,31,33H,15-16H2,1H3,(H,32,34). The van der Waals surface area contributed by atoms with Gasteiger partial charge in [0.05, 0.1) is 12.0 Å². The summed E-state index contributed by atoms with van der Waals surface area (Å²) in [4.78, 5) is 13.0. The number of carbonyl (C=O) groups is 1. The van der Waals surface area contributed by atoms with E-state index in [-0.39, 0.29) is 11.7 Å². The first-order valence-corrected chi connectivity index (χ1v) is 12.5. The van der Waals surface area contributed by atoms with Gasteiger partial charge >= 0.3 is 0 Å². The summed E-state index contributed by atoms with van der Waals surface area (Å²) in [6.45, 7) is 1.03. The first-order valence-electron chi connectivity index (χ1n) is 11.3. The molecule has 184 valence electrons. The highest BCUT2D eigenvalue weighted by Crippen LogP contribution is 2.35. The van der Waals surface area contributed by atoms with Crippen molar-refractivity contribution in [3.63, 3.8) is 0 Å². The van der Waals surface area contributed by atoms with E-state index in [1.165, 1.54) is 18.0 Å². The van der Waals surface area contributed by atoms with E-state index in [1.54, 1.807) is 43.5 Å². The Labute approximate surface area is 219 Å². The molecular weight excluding hydrogens is 497 g/mol. The van der Waals surface area contributed by atoms with Gasteiger partial charge in [-0.1, -0.05) is 41.9 Å². The fourth-order valence-corrected chi connectivity index (χ4v) is 4.43. The van der Waals surface area contributed by atoms with Crippen LogP contribution in [0.5, 0.6) is 5.75 Å². The molecule has 8 heteroatoms. The van der Waals surface area contributed by atoms with Gasteiger partial charge in [0, 0.05) is 40.6 Å². The number of anilines is 2. The molecule has 0 bridgehead atoms. The summed E-state index contributed by atoms with van der Waals surface area (Å²) in [7, 11) is 1.61. The molecule has 0 aliphatic heterocycles. The largest absolute Gasteiger partial charge is 0.496 e. The molecule has 5 nitrogen and oxygen atoms in total. The Hall–Kier alpha value is -3.68. The molecular formula is C28H25ClFN3O2S. The summed E-state index contributed by atoms with van der Waals surface area (Å²) in [6, 6.07) is 26.9. The number of hydrogen-bond acceptors (Lipinski definition) is 5. The van der Waals surface area contributed by atoms with Crippen molar-refractivity contribution in [2.24, 2.45) is 0 Å². The Morgan fingerprint density at radius 3 is 2.47 bits per heavy atom. The monoisotopic (exact) mass is 521 g/mol. The summed E-state index contributed by atoms with van der Waals surface area (Å²) < 4.78 is 23.1. The summed E-state index contributed by atoms with van der Waals surface area (Å²) in [5.41, 5.74) is 3.67. The van der Waals surface area contributed by atoms with Gasteiger partial charge in [0.25, 0.3) is 5.91 Å².